The maximum absolute atomic E-state index is 11.0. The van der Waals surface area contributed by atoms with E-state index in [1.165, 1.54) is 12.1 Å². The highest BCUT2D eigenvalue weighted by molar-refractivity contribution is 9.10. The van der Waals surface area contributed by atoms with Gasteiger partial charge >= 0.3 is 5.63 Å². The molecule has 1 radical (unpaired) electrons. The van der Waals surface area contributed by atoms with E-state index >= 15 is 0 Å². The molecule has 0 aliphatic rings. The van der Waals surface area contributed by atoms with Crippen LogP contribution >= 0.6 is 15.9 Å². The number of hydrogen-bond donors (Lipinski definition) is 1. The van der Waals surface area contributed by atoms with E-state index < -0.39 is 5.63 Å². The van der Waals surface area contributed by atoms with Crippen LogP contribution in [0, 0.1) is 6.92 Å². The first-order valence-electron chi connectivity index (χ1n) is 3.86. The van der Waals surface area contributed by atoms with Gasteiger partial charge in [0.25, 0.3) is 0 Å². The van der Waals surface area contributed by atoms with Crippen molar-refractivity contribution in [2.45, 2.75) is 0 Å². The summed E-state index contributed by atoms with van der Waals surface area (Å²) < 4.78 is 5.45. The van der Waals surface area contributed by atoms with Crippen molar-refractivity contribution in [1.29, 1.82) is 0 Å². The molecule has 3 nitrogen and oxygen atoms in total. The summed E-state index contributed by atoms with van der Waals surface area (Å²) in [7, 11) is 0. The lowest BCUT2D eigenvalue weighted by molar-refractivity contribution is 0.469. The van der Waals surface area contributed by atoms with E-state index in [2.05, 4.69) is 22.9 Å². The minimum absolute atomic E-state index is 0.0336. The maximum Gasteiger partial charge on any atom is 0.336 e. The van der Waals surface area contributed by atoms with Gasteiger partial charge in [-0.25, -0.2) is 4.79 Å². The lowest BCUT2D eigenvalue weighted by Gasteiger charge is -2.02. The Balaban J connectivity index is 2.96. The molecule has 0 fully saturated rings. The maximum atomic E-state index is 11.0. The molecule has 1 N–H and O–H groups in total. The van der Waals surface area contributed by atoms with Crippen LogP contribution in [0.3, 0.4) is 0 Å². The van der Waals surface area contributed by atoms with E-state index in [0.29, 0.717) is 21.0 Å². The van der Waals surface area contributed by atoms with Crippen LogP contribution in [0.4, 0.5) is 0 Å². The molecule has 0 saturated carbocycles. The van der Waals surface area contributed by atoms with Crippen molar-refractivity contribution in [3.05, 3.63) is 45.6 Å². The van der Waals surface area contributed by atoms with E-state index in [0.717, 1.165) is 0 Å². The normalized spacial score (nSPS) is 10.7. The van der Waals surface area contributed by atoms with Crippen molar-refractivity contribution in [2.24, 2.45) is 0 Å². The number of halogens is 1. The number of phenolic OH excluding ortho intramolecular Hbond substituents is 1. The molecule has 4 heteroatoms. The Labute approximate surface area is 88.1 Å². The van der Waals surface area contributed by atoms with Gasteiger partial charge in [-0.05, 0) is 34.5 Å². The van der Waals surface area contributed by atoms with Gasteiger partial charge < -0.3 is 9.52 Å². The Morgan fingerprint density at radius 3 is 2.79 bits per heavy atom. The number of benzene rings is 1. The summed E-state index contributed by atoms with van der Waals surface area (Å²) >= 11 is 3.17. The standard InChI is InChI=1S/C10H6BrO3/c1-5-2-10(13)14-9-4-8(12)7(11)3-6(5)9/h2-4,12H,1H2. The van der Waals surface area contributed by atoms with Gasteiger partial charge in [0.1, 0.15) is 11.3 Å². The van der Waals surface area contributed by atoms with Crippen molar-refractivity contribution >= 4 is 26.9 Å². The second-order valence-corrected chi connectivity index (χ2v) is 3.74. The molecule has 0 atom stereocenters. The summed E-state index contributed by atoms with van der Waals surface area (Å²) in [6.07, 6.45) is 0. The van der Waals surface area contributed by atoms with Crippen LogP contribution in [0.2, 0.25) is 0 Å². The van der Waals surface area contributed by atoms with Crippen molar-refractivity contribution in [3.63, 3.8) is 0 Å². The summed E-state index contributed by atoms with van der Waals surface area (Å²) in [4.78, 5) is 11.0. The zero-order valence-corrected chi connectivity index (χ0v) is 8.67. The highest BCUT2D eigenvalue weighted by Crippen LogP contribution is 2.29. The van der Waals surface area contributed by atoms with Gasteiger partial charge in [0.2, 0.25) is 0 Å². The van der Waals surface area contributed by atoms with Crippen LogP contribution in [0.1, 0.15) is 5.56 Å². The molecule has 0 spiro atoms. The van der Waals surface area contributed by atoms with Crippen LogP contribution in [0.25, 0.3) is 11.0 Å². The number of phenols is 1. The molecule has 0 amide bonds. The molecule has 0 aliphatic carbocycles. The zero-order valence-electron chi connectivity index (χ0n) is 7.08. The monoisotopic (exact) mass is 253 g/mol. The smallest absolute Gasteiger partial charge is 0.336 e. The van der Waals surface area contributed by atoms with Gasteiger partial charge in [0, 0.05) is 17.5 Å². The first-order valence-corrected chi connectivity index (χ1v) is 4.65. The van der Waals surface area contributed by atoms with Crippen LogP contribution in [-0.4, -0.2) is 5.11 Å². The third-order valence-electron chi connectivity index (χ3n) is 1.90. The van der Waals surface area contributed by atoms with Gasteiger partial charge in [0.15, 0.2) is 0 Å². The zero-order chi connectivity index (χ0) is 10.3. The molecular weight excluding hydrogens is 248 g/mol. The highest BCUT2D eigenvalue weighted by atomic mass is 79.9. The molecule has 0 aliphatic heterocycles. The average Bonchev–Trinajstić information content (AvgIpc) is 2.08. The SMILES string of the molecule is [CH2]c1cc(=O)oc2cc(O)c(Br)cc12. The fourth-order valence-electron chi connectivity index (χ4n) is 1.24. The number of hydrogen-bond acceptors (Lipinski definition) is 3. The number of aromatic hydroxyl groups is 1. The van der Waals surface area contributed by atoms with Gasteiger partial charge in [-0.1, -0.05) is 0 Å². The Morgan fingerprint density at radius 2 is 2.07 bits per heavy atom. The Kier molecular flexibility index (Phi) is 2.07. The Bertz CT molecular complexity index is 557. The molecule has 1 heterocycles. The van der Waals surface area contributed by atoms with Crippen LogP contribution in [0.5, 0.6) is 5.75 Å². The van der Waals surface area contributed by atoms with E-state index in [1.54, 1.807) is 6.07 Å². The van der Waals surface area contributed by atoms with Gasteiger partial charge in [0.05, 0.1) is 4.47 Å². The highest BCUT2D eigenvalue weighted by Gasteiger charge is 2.06. The third-order valence-corrected chi connectivity index (χ3v) is 2.53. The lowest BCUT2D eigenvalue weighted by Crippen LogP contribution is -1.97. The predicted molar refractivity (Wildman–Crippen MR) is 56.3 cm³/mol. The molecule has 71 valence electrons. The summed E-state index contributed by atoms with van der Waals surface area (Å²) in [6, 6.07) is 4.36. The molecule has 0 unspecified atom stereocenters. The fourth-order valence-corrected chi connectivity index (χ4v) is 1.58. The molecule has 1 aromatic carbocycles. The molecule has 14 heavy (non-hydrogen) atoms. The Morgan fingerprint density at radius 1 is 1.36 bits per heavy atom. The number of rotatable bonds is 0. The first-order chi connectivity index (χ1) is 6.58. The molecule has 0 bridgehead atoms. The van der Waals surface area contributed by atoms with Gasteiger partial charge in [-0.3, -0.25) is 0 Å². The first kappa shape index (κ1) is 9.27. The van der Waals surface area contributed by atoms with Crippen LogP contribution < -0.4 is 5.63 Å². The molecule has 0 saturated heterocycles. The van der Waals surface area contributed by atoms with Crippen LogP contribution in [-0.2, 0) is 0 Å². The largest absolute Gasteiger partial charge is 0.507 e. The topological polar surface area (TPSA) is 50.4 Å². The molecule has 2 aromatic rings. The second kappa shape index (κ2) is 3.13. The third kappa shape index (κ3) is 1.42. The molecule has 2 rings (SSSR count). The molecular formula is C10H6BrO3. The van der Waals surface area contributed by atoms with E-state index in [1.807, 2.05) is 0 Å². The summed E-state index contributed by atoms with van der Waals surface area (Å²) in [5.41, 5.74) is 0.448. The average molecular weight is 254 g/mol. The lowest BCUT2D eigenvalue weighted by atomic mass is 10.1. The molecule has 1 aromatic heterocycles. The van der Waals surface area contributed by atoms with E-state index in [4.69, 9.17) is 4.42 Å². The van der Waals surface area contributed by atoms with Gasteiger partial charge in [-0.2, -0.15) is 0 Å². The predicted octanol–water partition coefficient (Wildman–Crippen LogP) is 2.44. The van der Waals surface area contributed by atoms with Gasteiger partial charge in [-0.15, -0.1) is 0 Å². The van der Waals surface area contributed by atoms with E-state index in [-0.39, 0.29) is 5.75 Å². The fraction of sp³-hybridized carbons (Fsp3) is 0. The second-order valence-electron chi connectivity index (χ2n) is 2.89. The Hall–Kier alpha value is -1.29. The van der Waals surface area contributed by atoms with Crippen LogP contribution in [0.15, 0.2) is 31.9 Å². The van der Waals surface area contributed by atoms with E-state index in [9.17, 15) is 9.90 Å². The van der Waals surface area contributed by atoms with Crippen molar-refractivity contribution in [3.8, 4) is 5.75 Å². The minimum atomic E-state index is -0.468. The minimum Gasteiger partial charge on any atom is -0.507 e. The van der Waals surface area contributed by atoms with Crippen molar-refractivity contribution in [1.82, 2.24) is 0 Å². The van der Waals surface area contributed by atoms with Crippen molar-refractivity contribution in [2.75, 3.05) is 0 Å². The summed E-state index contributed by atoms with van der Waals surface area (Å²) in [6.45, 7) is 3.72. The summed E-state index contributed by atoms with van der Waals surface area (Å²) in [5.74, 6) is 0.0336. The number of fused-ring (bicyclic) bond motifs is 1. The quantitative estimate of drug-likeness (QED) is 0.734. The summed E-state index contributed by atoms with van der Waals surface area (Å²) in [5, 5.41) is 10.1. The van der Waals surface area contributed by atoms with Crippen molar-refractivity contribution < 1.29 is 9.52 Å².